The van der Waals surface area contributed by atoms with Gasteiger partial charge in [0.25, 0.3) is 11.9 Å². The Morgan fingerprint density at radius 3 is 1.41 bits per heavy atom. The Morgan fingerprint density at radius 2 is 1.14 bits per heavy atom. The minimum atomic E-state index is -6.72. The monoisotopic (exact) mass is 398 g/mol. The number of hydrogen-bond acceptors (Lipinski definition) is 3. The van der Waals surface area contributed by atoms with E-state index in [2.05, 4.69) is 0 Å². The molecule has 0 saturated carbocycles. The second-order valence-electron chi connectivity index (χ2n) is 3.68. The molecule has 128 valence electrons. The van der Waals surface area contributed by atoms with Gasteiger partial charge in [-0.25, -0.2) is 34.8 Å². The maximum atomic E-state index is 12.8. The normalized spacial score (nSPS) is 19.3. The van der Waals surface area contributed by atoms with E-state index in [0.29, 0.717) is 0 Å². The molecule has 0 aromatic rings. The van der Waals surface area contributed by atoms with E-state index in [1.165, 1.54) is 0 Å². The second-order valence-corrected chi connectivity index (χ2v) is 5.08. The molecule has 3 nitrogen and oxygen atoms in total. The molecule has 0 aromatic heterocycles. The third-order valence-electron chi connectivity index (χ3n) is 2.15. The molecule has 0 fully saturated rings. The summed E-state index contributed by atoms with van der Waals surface area (Å²) in [6.07, 6.45) is -18.2. The standard InChI is InChI=1S/C7H6F10O3S.K/c8-1(2(9)4(11)12)3(10)6(14,15)7(16,17)5(13)21(18,19)20;/h1-5H,(H,18,19,20);/q;+1/p-1. The van der Waals surface area contributed by atoms with Gasteiger partial charge < -0.3 is 4.55 Å². The molecule has 0 aliphatic carbocycles. The number of hydrogen-bond donors (Lipinski definition) is 0. The molecule has 0 aromatic carbocycles. The quantitative estimate of drug-likeness (QED) is 0.327. The zero-order chi connectivity index (χ0) is 17.4. The first kappa shape index (κ1) is 25.1. The molecule has 0 radical (unpaired) electrons. The van der Waals surface area contributed by atoms with Crippen molar-refractivity contribution in [3.05, 3.63) is 0 Å². The van der Waals surface area contributed by atoms with Gasteiger partial charge >= 0.3 is 63.2 Å². The van der Waals surface area contributed by atoms with E-state index in [4.69, 9.17) is 0 Å². The maximum absolute atomic E-state index is 12.8. The fourth-order valence-corrected chi connectivity index (χ4v) is 1.54. The molecule has 0 amide bonds. The molecule has 0 aliphatic rings. The van der Waals surface area contributed by atoms with Crippen LogP contribution in [0.4, 0.5) is 43.9 Å². The molecule has 0 heterocycles. The molecule has 0 N–H and O–H groups in total. The van der Waals surface area contributed by atoms with E-state index < -0.39 is 52.4 Å². The van der Waals surface area contributed by atoms with Crippen molar-refractivity contribution >= 4 is 10.1 Å². The van der Waals surface area contributed by atoms with Crippen molar-refractivity contribution in [1.82, 2.24) is 0 Å². The van der Waals surface area contributed by atoms with Crippen molar-refractivity contribution in [3.8, 4) is 0 Å². The fraction of sp³-hybridized carbons (Fsp3) is 1.00. The van der Waals surface area contributed by atoms with Gasteiger partial charge in [-0.2, -0.15) is 17.6 Å². The van der Waals surface area contributed by atoms with E-state index >= 15 is 0 Å². The summed E-state index contributed by atoms with van der Waals surface area (Å²) in [6.45, 7) is 0. The van der Waals surface area contributed by atoms with Gasteiger partial charge in [0.05, 0.1) is 0 Å². The first-order valence-electron chi connectivity index (χ1n) is 4.63. The van der Waals surface area contributed by atoms with Crippen LogP contribution in [0, 0.1) is 0 Å². The van der Waals surface area contributed by atoms with Crippen LogP contribution in [0.3, 0.4) is 0 Å². The Kier molecular flexibility index (Phi) is 9.45. The summed E-state index contributed by atoms with van der Waals surface area (Å²) in [7, 11) is -6.72. The average molecular weight is 398 g/mol. The zero-order valence-electron chi connectivity index (χ0n) is 10.3. The maximum Gasteiger partial charge on any atom is 1.00 e. The first-order chi connectivity index (χ1) is 9.08. The SMILES string of the molecule is O=S(=O)([O-])C(F)C(F)(F)C(F)(F)C(F)C(F)C(F)C(F)F.[K+]. The second kappa shape index (κ2) is 8.29. The predicted octanol–water partition coefficient (Wildman–Crippen LogP) is -0.619. The summed E-state index contributed by atoms with van der Waals surface area (Å²) in [5.41, 5.74) is -5.20. The molecule has 15 heteroatoms. The van der Waals surface area contributed by atoms with Crippen LogP contribution in [0.25, 0.3) is 0 Å². The van der Waals surface area contributed by atoms with Crippen LogP contribution in [0.1, 0.15) is 0 Å². The average Bonchev–Trinajstić information content (AvgIpc) is 2.33. The van der Waals surface area contributed by atoms with Gasteiger partial charge in [0.2, 0.25) is 6.17 Å². The number of halogens is 10. The Hall–Kier alpha value is 0.846. The molecule has 0 spiro atoms. The Labute approximate surface area is 159 Å². The molecular weight excluding hydrogens is 393 g/mol. The molecule has 4 unspecified atom stereocenters. The third-order valence-corrected chi connectivity index (χ3v) is 2.96. The van der Waals surface area contributed by atoms with Gasteiger partial charge in [-0.15, -0.1) is 0 Å². The molecule has 0 bridgehead atoms. The summed E-state index contributed by atoms with van der Waals surface area (Å²) in [5.74, 6) is -13.2. The Morgan fingerprint density at radius 1 is 0.773 bits per heavy atom. The van der Waals surface area contributed by atoms with Crippen LogP contribution < -0.4 is 51.4 Å². The predicted molar refractivity (Wildman–Crippen MR) is 45.2 cm³/mol. The van der Waals surface area contributed by atoms with Crippen LogP contribution in [-0.2, 0) is 10.1 Å². The van der Waals surface area contributed by atoms with Crippen molar-refractivity contribution in [2.75, 3.05) is 0 Å². The molecule has 0 aliphatic heterocycles. The van der Waals surface area contributed by atoms with Crippen molar-refractivity contribution in [2.24, 2.45) is 0 Å². The van der Waals surface area contributed by atoms with E-state index in [1.54, 1.807) is 0 Å². The van der Waals surface area contributed by atoms with Crippen LogP contribution in [-0.4, -0.2) is 55.3 Å². The van der Waals surface area contributed by atoms with Crippen LogP contribution in [0.15, 0.2) is 0 Å². The summed E-state index contributed by atoms with van der Waals surface area (Å²) < 4.78 is 154. The minimum Gasteiger partial charge on any atom is -0.746 e. The van der Waals surface area contributed by atoms with E-state index in [1.807, 2.05) is 0 Å². The van der Waals surface area contributed by atoms with Crippen molar-refractivity contribution in [1.29, 1.82) is 0 Å². The summed E-state index contributed by atoms with van der Waals surface area (Å²) in [6, 6.07) is 0. The molecule has 22 heavy (non-hydrogen) atoms. The Balaban J connectivity index is 0. The van der Waals surface area contributed by atoms with Crippen LogP contribution in [0.2, 0.25) is 0 Å². The fourth-order valence-electron chi connectivity index (χ4n) is 1.02. The minimum absolute atomic E-state index is 0. The summed E-state index contributed by atoms with van der Waals surface area (Å²) in [5, 5.41) is 0. The van der Waals surface area contributed by atoms with Gasteiger partial charge in [-0.05, 0) is 0 Å². The number of rotatable bonds is 7. The van der Waals surface area contributed by atoms with E-state index in [9.17, 15) is 56.9 Å². The van der Waals surface area contributed by atoms with Gasteiger partial charge in [0.15, 0.2) is 12.3 Å². The molecule has 4 atom stereocenters. The summed E-state index contributed by atoms with van der Waals surface area (Å²) in [4.78, 5) is 0. The first-order valence-corrected chi connectivity index (χ1v) is 6.10. The van der Waals surface area contributed by atoms with E-state index in [0.717, 1.165) is 0 Å². The van der Waals surface area contributed by atoms with E-state index in [-0.39, 0.29) is 51.4 Å². The van der Waals surface area contributed by atoms with Gasteiger partial charge in [0, 0.05) is 0 Å². The van der Waals surface area contributed by atoms with Gasteiger partial charge in [0.1, 0.15) is 10.1 Å². The smallest absolute Gasteiger partial charge is 0.746 e. The number of alkyl halides is 10. The van der Waals surface area contributed by atoms with Gasteiger partial charge in [-0.1, -0.05) is 0 Å². The zero-order valence-corrected chi connectivity index (χ0v) is 14.2. The molecule has 0 rings (SSSR count). The van der Waals surface area contributed by atoms with Crippen molar-refractivity contribution in [2.45, 2.75) is 42.3 Å². The summed E-state index contributed by atoms with van der Waals surface area (Å²) >= 11 is 0. The van der Waals surface area contributed by atoms with Crippen molar-refractivity contribution < 1.29 is 108 Å². The third kappa shape index (κ3) is 5.17. The Bertz CT molecular complexity index is 457. The van der Waals surface area contributed by atoms with Crippen LogP contribution in [0.5, 0.6) is 0 Å². The topological polar surface area (TPSA) is 57.2 Å². The van der Waals surface area contributed by atoms with Crippen LogP contribution >= 0.6 is 0 Å². The molecular formula is C7H5F10KO3S. The molecule has 0 saturated heterocycles. The van der Waals surface area contributed by atoms with Gasteiger partial charge in [-0.3, -0.25) is 0 Å². The largest absolute Gasteiger partial charge is 1.00 e. The van der Waals surface area contributed by atoms with Crippen molar-refractivity contribution in [3.63, 3.8) is 0 Å².